The van der Waals surface area contributed by atoms with Crippen molar-refractivity contribution in [3.8, 4) is 11.4 Å². The smallest absolute Gasteiger partial charge is 0.191 e. The highest BCUT2D eigenvalue weighted by atomic mass is 16.3. The van der Waals surface area contributed by atoms with E-state index in [9.17, 15) is 0 Å². The Morgan fingerprint density at radius 1 is 1.44 bits per heavy atom. The quantitative estimate of drug-likeness (QED) is 0.650. The summed E-state index contributed by atoms with van der Waals surface area (Å²) in [6.45, 7) is 1.80. The van der Waals surface area contributed by atoms with Crippen LogP contribution in [0.1, 0.15) is 5.89 Å². The van der Waals surface area contributed by atoms with Crippen LogP contribution in [0.5, 0.6) is 0 Å². The maximum atomic E-state index is 5.85. The van der Waals surface area contributed by atoms with Gasteiger partial charge in [0.1, 0.15) is 17.6 Å². The minimum absolute atomic E-state index is 0.634. The molecule has 0 fully saturated rings. The van der Waals surface area contributed by atoms with E-state index in [1.165, 1.54) is 0 Å². The Balaban J connectivity index is 2.22. The number of oxazole rings is 1. The van der Waals surface area contributed by atoms with Crippen molar-refractivity contribution >= 4 is 16.7 Å². The van der Waals surface area contributed by atoms with Crippen LogP contribution in [-0.2, 0) is 0 Å². The maximum Gasteiger partial charge on any atom is 0.191 e. The molecule has 5 nitrogen and oxygen atoms in total. The molecule has 0 unspecified atom stereocenters. The van der Waals surface area contributed by atoms with E-state index < -0.39 is 0 Å². The summed E-state index contributed by atoms with van der Waals surface area (Å²) >= 11 is 0. The van der Waals surface area contributed by atoms with E-state index in [1.54, 1.807) is 25.5 Å². The van der Waals surface area contributed by atoms with Crippen LogP contribution >= 0.6 is 0 Å². The lowest BCUT2D eigenvalue weighted by Crippen LogP contribution is -1.85. The monoisotopic (exact) mass is 214 g/mol. The number of hydrogen-bond donors (Lipinski definition) is 2. The van der Waals surface area contributed by atoms with Crippen LogP contribution in [0.25, 0.3) is 22.4 Å². The number of anilines is 1. The molecule has 5 heteroatoms. The van der Waals surface area contributed by atoms with Crippen LogP contribution < -0.4 is 5.73 Å². The van der Waals surface area contributed by atoms with E-state index in [1.807, 2.05) is 6.07 Å². The Hall–Kier alpha value is -2.30. The summed E-state index contributed by atoms with van der Waals surface area (Å²) in [4.78, 5) is 11.6. The second kappa shape index (κ2) is 3.10. The minimum atomic E-state index is 0.634. The predicted octanol–water partition coefficient (Wildman–Crippen LogP) is 2.11. The molecule has 3 N–H and O–H groups in total. The first-order valence-corrected chi connectivity index (χ1v) is 4.90. The summed E-state index contributed by atoms with van der Waals surface area (Å²) in [5.41, 5.74) is 8.93. The fourth-order valence-corrected chi connectivity index (χ4v) is 1.67. The van der Waals surface area contributed by atoms with Crippen molar-refractivity contribution in [2.45, 2.75) is 6.92 Å². The van der Waals surface area contributed by atoms with Gasteiger partial charge in [-0.1, -0.05) is 0 Å². The van der Waals surface area contributed by atoms with Crippen LogP contribution in [-0.4, -0.2) is 15.0 Å². The molecule has 80 valence electrons. The summed E-state index contributed by atoms with van der Waals surface area (Å²) < 4.78 is 5.16. The summed E-state index contributed by atoms with van der Waals surface area (Å²) in [5, 5.41) is 0.901. The number of aromatic nitrogens is 3. The lowest BCUT2D eigenvalue weighted by Gasteiger charge is -1.91. The van der Waals surface area contributed by atoms with Crippen LogP contribution in [0.4, 0.5) is 5.69 Å². The lowest BCUT2D eigenvalue weighted by molar-refractivity contribution is 0.521. The SMILES string of the molecule is Cc1nc(-c2cc3c(N)ccnc3[nH]2)co1. The second-order valence-corrected chi connectivity index (χ2v) is 3.60. The molecule has 0 amide bonds. The molecule has 0 radical (unpaired) electrons. The van der Waals surface area contributed by atoms with Gasteiger partial charge in [-0.25, -0.2) is 9.97 Å². The average Bonchev–Trinajstić information content (AvgIpc) is 2.84. The van der Waals surface area contributed by atoms with E-state index in [4.69, 9.17) is 10.2 Å². The van der Waals surface area contributed by atoms with Gasteiger partial charge < -0.3 is 15.1 Å². The number of aromatic amines is 1. The predicted molar refractivity (Wildman–Crippen MR) is 60.7 cm³/mol. The summed E-state index contributed by atoms with van der Waals surface area (Å²) in [5.74, 6) is 0.634. The van der Waals surface area contributed by atoms with Gasteiger partial charge in [0.2, 0.25) is 0 Å². The molecule has 0 aliphatic rings. The minimum Gasteiger partial charge on any atom is -0.449 e. The zero-order chi connectivity index (χ0) is 11.1. The van der Waals surface area contributed by atoms with Crippen LogP contribution in [0.2, 0.25) is 0 Å². The zero-order valence-electron chi connectivity index (χ0n) is 8.69. The number of pyridine rings is 1. The van der Waals surface area contributed by atoms with Crippen molar-refractivity contribution in [3.05, 3.63) is 30.5 Å². The van der Waals surface area contributed by atoms with Gasteiger partial charge in [0, 0.05) is 24.2 Å². The molecule has 0 saturated carbocycles. The normalized spacial score (nSPS) is 11.1. The van der Waals surface area contributed by atoms with Gasteiger partial charge in [0.15, 0.2) is 5.89 Å². The first kappa shape index (κ1) is 8.96. The Morgan fingerprint density at radius 3 is 3.00 bits per heavy atom. The Labute approximate surface area is 91.3 Å². The van der Waals surface area contributed by atoms with Crippen molar-refractivity contribution in [2.24, 2.45) is 0 Å². The Morgan fingerprint density at radius 2 is 2.31 bits per heavy atom. The molecule has 16 heavy (non-hydrogen) atoms. The standard InChI is InChI=1S/C11H10N4O/c1-6-14-10(5-16-6)9-4-7-8(12)2-3-13-11(7)15-9/h2-5H,1H3,(H3,12,13,15). The summed E-state index contributed by atoms with van der Waals surface area (Å²) in [6, 6.07) is 3.70. The molecule has 0 saturated heterocycles. The molecular weight excluding hydrogens is 204 g/mol. The van der Waals surface area contributed by atoms with E-state index in [0.717, 1.165) is 22.4 Å². The molecular formula is C11H10N4O. The van der Waals surface area contributed by atoms with E-state index in [2.05, 4.69) is 15.0 Å². The highest BCUT2D eigenvalue weighted by Gasteiger charge is 2.09. The molecule has 3 aromatic heterocycles. The van der Waals surface area contributed by atoms with E-state index in [0.29, 0.717) is 11.6 Å². The number of nitrogens with zero attached hydrogens (tertiary/aromatic N) is 2. The number of fused-ring (bicyclic) bond motifs is 1. The first-order valence-electron chi connectivity index (χ1n) is 4.90. The van der Waals surface area contributed by atoms with Crippen LogP contribution in [0.3, 0.4) is 0 Å². The number of H-pyrrole nitrogens is 1. The molecule has 0 aliphatic carbocycles. The molecule has 3 heterocycles. The Kier molecular flexibility index (Phi) is 1.73. The molecule has 0 aliphatic heterocycles. The van der Waals surface area contributed by atoms with Gasteiger partial charge in [0.05, 0.1) is 5.69 Å². The van der Waals surface area contributed by atoms with Crippen molar-refractivity contribution in [2.75, 3.05) is 5.73 Å². The van der Waals surface area contributed by atoms with Gasteiger partial charge in [-0.2, -0.15) is 0 Å². The van der Waals surface area contributed by atoms with E-state index in [-0.39, 0.29) is 0 Å². The maximum absolute atomic E-state index is 5.85. The van der Waals surface area contributed by atoms with E-state index >= 15 is 0 Å². The summed E-state index contributed by atoms with van der Waals surface area (Å²) in [6.07, 6.45) is 3.28. The lowest BCUT2D eigenvalue weighted by atomic mass is 10.2. The topological polar surface area (TPSA) is 80.7 Å². The molecule has 3 aromatic rings. The first-order chi connectivity index (χ1) is 7.74. The summed E-state index contributed by atoms with van der Waals surface area (Å²) in [7, 11) is 0. The highest BCUT2D eigenvalue weighted by Crippen LogP contribution is 2.25. The van der Waals surface area contributed by atoms with Crippen molar-refractivity contribution in [1.82, 2.24) is 15.0 Å². The van der Waals surface area contributed by atoms with Crippen molar-refractivity contribution in [3.63, 3.8) is 0 Å². The Bertz CT molecular complexity index is 653. The fourth-order valence-electron chi connectivity index (χ4n) is 1.67. The van der Waals surface area contributed by atoms with Crippen LogP contribution in [0.15, 0.2) is 29.0 Å². The van der Waals surface area contributed by atoms with Crippen molar-refractivity contribution in [1.29, 1.82) is 0 Å². The average molecular weight is 214 g/mol. The van der Waals surface area contributed by atoms with Crippen molar-refractivity contribution < 1.29 is 4.42 Å². The van der Waals surface area contributed by atoms with Gasteiger partial charge >= 0.3 is 0 Å². The fraction of sp³-hybridized carbons (Fsp3) is 0.0909. The molecule has 0 atom stereocenters. The largest absolute Gasteiger partial charge is 0.449 e. The van der Waals surface area contributed by atoms with Gasteiger partial charge in [-0.15, -0.1) is 0 Å². The third kappa shape index (κ3) is 1.25. The molecule has 0 spiro atoms. The van der Waals surface area contributed by atoms with Gasteiger partial charge in [0.25, 0.3) is 0 Å². The third-order valence-electron chi connectivity index (χ3n) is 2.46. The van der Waals surface area contributed by atoms with Gasteiger partial charge in [-0.3, -0.25) is 0 Å². The number of nitrogen functional groups attached to an aromatic ring is 1. The second-order valence-electron chi connectivity index (χ2n) is 3.60. The number of nitrogens with one attached hydrogen (secondary N) is 1. The van der Waals surface area contributed by atoms with Crippen LogP contribution in [0, 0.1) is 6.92 Å². The molecule has 0 aromatic carbocycles. The van der Waals surface area contributed by atoms with Gasteiger partial charge in [-0.05, 0) is 12.1 Å². The number of aryl methyl sites for hydroxylation is 1. The zero-order valence-corrected chi connectivity index (χ0v) is 8.69. The highest BCUT2D eigenvalue weighted by molar-refractivity contribution is 5.91. The third-order valence-corrected chi connectivity index (χ3v) is 2.46. The molecule has 0 bridgehead atoms. The number of rotatable bonds is 1. The molecule has 3 rings (SSSR count). The number of hydrogen-bond acceptors (Lipinski definition) is 4. The number of nitrogens with two attached hydrogens (primary N) is 1.